The van der Waals surface area contributed by atoms with Crippen LogP contribution in [0.2, 0.25) is 0 Å². The van der Waals surface area contributed by atoms with Gasteiger partial charge in [0, 0.05) is 5.54 Å². The third kappa shape index (κ3) is 3.35. The van der Waals surface area contributed by atoms with Crippen LogP contribution in [0.15, 0.2) is 24.3 Å². The number of rotatable bonds is 4. The smallest absolute Gasteiger partial charge is 0.337 e. The van der Waals surface area contributed by atoms with Crippen molar-refractivity contribution in [1.29, 1.82) is 0 Å². The number of likely N-dealkylation sites (N-methyl/N-ethyl adjacent to an activating group) is 1. The van der Waals surface area contributed by atoms with Crippen molar-refractivity contribution in [3.8, 4) is 0 Å². The predicted octanol–water partition coefficient (Wildman–Crippen LogP) is 2.01. The molecule has 0 aliphatic carbocycles. The van der Waals surface area contributed by atoms with E-state index in [1.54, 1.807) is 6.07 Å². The standard InChI is InChI=1S/C13H19NO2/c1-13(2,14-3)9-10-6-5-7-11(8-10)12(15)16-4/h5-8,14H,9H2,1-4H3. The average molecular weight is 221 g/mol. The number of hydrogen-bond donors (Lipinski definition) is 1. The molecule has 0 aromatic heterocycles. The molecule has 0 radical (unpaired) electrons. The number of benzene rings is 1. The minimum Gasteiger partial charge on any atom is -0.465 e. The Morgan fingerprint density at radius 1 is 1.44 bits per heavy atom. The molecule has 16 heavy (non-hydrogen) atoms. The Labute approximate surface area is 96.8 Å². The second kappa shape index (κ2) is 5.12. The number of ether oxygens (including phenoxy) is 1. The Balaban J connectivity index is 2.87. The summed E-state index contributed by atoms with van der Waals surface area (Å²) in [5, 5.41) is 3.24. The van der Waals surface area contributed by atoms with E-state index in [0.717, 1.165) is 12.0 Å². The molecule has 3 nitrogen and oxygen atoms in total. The molecule has 0 bridgehead atoms. The molecule has 3 heteroatoms. The molecule has 0 amide bonds. The summed E-state index contributed by atoms with van der Waals surface area (Å²) in [7, 11) is 3.33. The van der Waals surface area contributed by atoms with E-state index in [4.69, 9.17) is 4.74 Å². The average Bonchev–Trinajstić information content (AvgIpc) is 2.28. The van der Waals surface area contributed by atoms with Gasteiger partial charge in [-0.3, -0.25) is 0 Å². The Hall–Kier alpha value is -1.35. The minimum absolute atomic E-state index is 0.0226. The summed E-state index contributed by atoms with van der Waals surface area (Å²) in [4.78, 5) is 11.4. The van der Waals surface area contributed by atoms with Crippen LogP contribution in [0.25, 0.3) is 0 Å². The lowest BCUT2D eigenvalue weighted by molar-refractivity contribution is 0.0600. The van der Waals surface area contributed by atoms with E-state index in [0.29, 0.717) is 5.56 Å². The van der Waals surface area contributed by atoms with E-state index in [2.05, 4.69) is 19.2 Å². The molecule has 0 aliphatic rings. The van der Waals surface area contributed by atoms with E-state index in [9.17, 15) is 4.79 Å². The van der Waals surface area contributed by atoms with Crippen molar-refractivity contribution in [2.45, 2.75) is 25.8 Å². The molecule has 88 valence electrons. The van der Waals surface area contributed by atoms with Gasteiger partial charge < -0.3 is 10.1 Å². The van der Waals surface area contributed by atoms with Crippen LogP contribution >= 0.6 is 0 Å². The molecule has 0 unspecified atom stereocenters. The monoisotopic (exact) mass is 221 g/mol. The van der Waals surface area contributed by atoms with Gasteiger partial charge in [0.05, 0.1) is 12.7 Å². The first-order valence-electron chi connectivity index (χ1n) is 5.34. The largest absolute Gasteiger partial charge is 0.465 e. The maximum atomic E-state index is 11.4. The van der Waals surface area contributed by atoms with Crippen LogP contribution in [0.4, 0.5) is 0 Å². The van der Waals surface area contributed by atoms with Gasteiger partial charge in [-0.15, -0.1) is 0 Å². The van der Waals surface area contributed by atoms with Crippen molar-refractivity contribution in [3.05, 3.63) is 35.4 Å². The van der Waals surface area contributed by atoms with Crippen LogP contribution in [0, 0.1) is 0 Å². The molecule has 1 N–H and O–H groups in total. The number of carbonyl (C=O) groups excluding carboxylic acids is 1. The summed E-state index contributed by atoms with van der Waals surface area (Å²) in [6.07, 6.45) is 0.869. The molecular formula is C13H19NO2. The summed E-state index contributed by atoms with van der Waals surface area (Å²) in [6, 6.07) is 7.55. The van der Waals surface area contributed by atoms with Gasteiger partial charge in [0.15, 0.2) is 0 Å². The molecular weight excluding hydrogens is 202 g/mol. The van der Waals surface area contributed by atoms with Crippen LogP contribution < -0.4 is 5.32 Å². The molecule has 0 heterocycles. The zero-order chi connectivity index (χ0) is 12.2. The predicted molar refractivity (Wildman–Crippen MR) is 64.6 cm³/mol. The van der Waals surface area contributed by atoms with Gasteiger partial charge in [0.2, 0.25) is 0 Å². The fourth-order valence-electron chi connectivity index (χ4n) is 1.52. The van der Waals surface area contributed by atoms with Gasteiger partial charge >= 0.3 is 5.97 Å². The van der Waals surface area contributed by atoms with Crippen molar-refractivity contribution >= 4 is 5.97 Å². The number of carbonyl (C=O) groups is 1. The number of nitrogens with one attached hydrogen (secondary N) is 1. The highest BCUT2D eigenvalue weighted by Gasteiger charge is 2.16. The molecule has 0 aliphatic heterocycles. The highest BCUT2D eigenvalue weighted by Crippen LogP contribution is 2.14. The molecule has 1 rings (SSSR count). The number of hydrogen-bond acceptors (Lipinski definition) is 3. The minimum atomic E-state index is -0.288. The summed E-state index contributed by atoms with van der Waals surface area (Å²) >= 11 is 0. The molecule has 1 aromatic carbocycles. The Kier molecular flexibility index (Phi) is 4.07. The second-order valence-electron chi connectivity index (χ2n) is 4.50. The lowest BCUT2D eigenvalue weighted by atomic mass is 9.94. The van der Waals surface area contributed by atoms with Crippen molar-refractivity contribution in [2.24, 2.45) is 0 Å². The highest BCUT2D eigenvalue weighted by molar-refractivity contribution is 5.89. The van der Waals surface area contributed by atoms with Crippen LogP contribution in [-0.2, 0) is 11.2 Å². The summed E-state index contributed by atoms with van der Waals surface area (Å²) in [5.41, 5.74) is 1.75. The Bertz CT molecular complexity index is 372. The molecule has 0 saturated carbocycles. The molecule has 0 spiro atoms. The summed E-state index contributed by atoms with van der Waals surface area (Å²) < 4.78 is 4.69. The third-order valence-corrected chi connectivity index (χ3v) is 2.67. The van der Waals surface area contributed by atoms with Crippen molar-refractivity contribution in [2.75, 3.05) is 14.2 Å². The first kappa shape index (κ1) is 12.7. The van der Waals surface area contributed by atoms with Gasteiger partial charge in [-0.25, -0.2) is 4.79 Å². The lowest BCUT2D eigenvalue weighted by Crippen LogP contribution is -2.38. The van der Waals surface area contributed by atoms with E-state index < -0.39 is 0 Å². The maximum Gasteiger partial charge on any atom is 0.337 e. The molecule has 0 saturated heterocycles. The Morgan fingerprint density at radius 2 is 2.12 bits per heavy atom. The number of methoxy groups -OCH3 is 1. The van der Waals surface area contributed by atoms with E-state index in [1.165, 1.54) is 7.11 Å². The zero-order valence-electron chi connectivity index (χ0n) is 10.3. The first-order valence-corrected chi connectivity index (χ1v) is 5.34. The van der Waals surface area contributed by atoms with Crippen LogP contribution in [-0.4, -0.2) is 25.7 Å². The van der Waals surface area contributed by atoms with Crippen molar-refractivity contribution in [1.82, 2.24) is 5.32 Å². The molecule has 1 aromatic rings. The first-order chi connectivity index (χ1) is 7.48. The zero-order valence-corrected chi connectivity index (χ0v) is 10.3. The maximum absolute atomic E-state index is 11.4. The van der Waals surface area contributed by atoms with E-state index >= 15 is 0 Å². The van der Waals surface area contributed by atoms with Crippen molar-refractivity contribution < 1.29 is 9.53 Å². The topological polar surface area (TPSA) is 38.3 Å². The fraction of sp³-hybridized carbons (Fsp3) is 0.462. The van der Waals surface area contributed by atoms with Gasteiger partial charge in [-0.2, -0.15) is 0 Å². The van der Waals surface area contributed by atoms with Crippen LogP contribution in [0.1, 0.15) is 29.8 Å². The van der Waals surface area contributed by atoms with Gasteiger partial charge in [0.1, 0.15) is 0 Å². The van der Waals surface area contributed by atoms with Crippen LogP contribution in [0.3, 0.4) is 0 Å². The lowest BCUT2D eigenvalue weighted by Gasteiger charge is -2.24. The third-order valence-electron chi connectivity index (χ3n) is 2.67. The van der Waals surface area contributed by atoms with Gasteiger partial charge in [-0.1, -0.05) is 12.1 Å². The van der Waals surface area contributed by atoms with E-state index in [1.807, 2.05) is 25.2 Å². The van der Waals surface area contributed by atoms with Gasteiger partial charge in [-0.05, 0) is 45.0 Å². The van der Waals surface area contributed by atoms with Gasteiger partial charge in [0.25, 0.3) is 0 Å². The highest BCUT2D eigenvalue weighted by atomic mass is 16.5. The summed E-state index contributed by atoms with van der Waals surface area (Å²) in [6.45, 7) is 4.25. The fourth-order valence-corrected chi connectivity index (χ4v) is 1.52. The molecule has 0 fully saturated rings. The Morgan fingerprint density at radius 3 is 2.69 bits per heavy atom. The summed E-state index contributed by atoms with van der Waals surface area (Å²) in [5.74, 6) is -0.288. The normalized spacial score (nSPS) is 11.2. The SMILES string of the molecule is CNC(C)(C)Cc1cccc(C(=O)OC)c1. The van der Waals surface area contributed by atoms with Crippen molar-refractivity contribution in [3.63, 3.8) is 0 Å². The quantitative estimate of drug-likeness (QED) is 0.790. The second-order valence-corrected chi connectivity index (χ2v) is 4.50. The molecule has 0 atom stereocenters. The van der Waals surface area contributed by atoms with E-state index in [-0.39, 0.29) is 11.5 Å². The number of esters is 1. The van der Waals surface area contributed by atoms with Crippen LogP contribution in [0.5, 0.6) is 0 Å².